The van der Waals surface area contributed by atoms with Gasteiger partial charge in [-0.05, 0) is 24.0 Å². The highest BCUT2D eigenvalue weighted by atomic mass is 16.5. The Morgan fingerprint density at radius 1 is 1.47 bits per heavy atom. The van der Waals surface area contributed by atoms with E-state index < -0.39 is 12.0 Å². The third-order valence-corrected chi connectivity index (χ3v) is 3.49. The van der Waals surface area contributed by atoms with E-state index in [9.17, 15) is 4.79 Å². The molecule has 1 aliphatic carbocycles. The minimum absolute atomic E-state index is 0.350. The lowest BCUT2D eigenvalue weighted by molar-refractivity contribution is -0.139. The number of carbonyl (C=O) groups is 1. The number of methoxy groups -OCH3 is 1. The highest BCUT2D eigenvalue weighted by Crippen LogP contribution is 2.50. The first-order valence-electron chi connectivity index (χ1n) is 5.67. The van der Waals surface area contributed by atoms with Gasteiger partial charge in [-0.2, -0.15) is 0 Å². The van der Waals surface area contributed by atoms with E-state index in [-0.39, 0.29) is 5.41 Å². The molecule has 3 N–H and O–H groups in total. The molecule has 0 spiro atoms. The zero-order chi connectivity index (χ0) is 12.5. The molecule has 0 saturated heterocycles. The molecule has 4 nitrogen and oxygen atoms in total. The highest BCUT2D eigenvalue weighted by molar-refractivity contribution is 5.77. The normalized spacial score (nSPS) is 18.7. The third kappa shape index (κ3) is 2.18. The van der Waals surface area contributed by atoms with Crippen molar-refractivity contribution >= 4 is 5.97 Å². The van der Waals surface area contributed by atoms with Gasteiger partial charge in [0.25, 0.3) is 0 Å². The molecule has 1 aliphatic rings. The predicted molar refractivity (Wildman–Crippen MR) is 63.7 cm³/mol. The molecule has 1 saturated carbocycles. The molecule has 92 valence electrons. The molecule has 0 bridgehead atoms. The van der Waals surface area contributed by atoms with Crippen molar-refractivity contribution in [3.05, 3.63) is 35.4 Å². The number of hydrogen-bond acceptors (Lipinski definition) is 3. The van der Waals surface area contributed by atoms with Gasteiger partial charge in [-0.25, -0.2) is 0 Å². The Hall–Kier alpha value is -1.39. The van der Waals surface area contributed by atoms with Crippen LogP contribution in [0.15, 0.2) is 24.3 Å². The molecule has 0 radical (unpaired) electrons. The van der Waals surface area contributed by atoms with Crippen molar-refractivity contribution in [3.63, 3.8) is 0 Å². The van der Waals surface area contributed by atoms with E-state index in [4.69, 9.17) is 15.6 Å². The fraction of sp³-hybridized carbons (Fsp3) is 0.462. The third-order valence-electron chi connectivity index (χ3n) is 3.49. The van der Waals surface area contributed by atoms with E-state index in [2.05, 4.69) is 0 Å². The molecule has 0 aliphatic heterocycles. The summed E-state index contributed by atoms with van der Waals surface area (Å²) in [6.07, 6.45) is 1.70. The molecule has 1 fully saturated rings. The molecule has 0 amide bonds. The second-order valence-electron chi connectivity index (χ2n) is 4.60. The van der Waals surface area contributed by atoms with Crippen LogP contribution >= 0.6 is 0 Å². The Morgan fingerprint density at radius 2 is 2.06 bits per heavy atom. The number of hydrogen-bond donors (Lipinski definition) is 2. The summed E-state index contributed by atoms with van der Waals surface area (Å²) in [7, 11) is 1.65. The monoisotopic (exact) mass is 235 g/mol. The minimum atomic E-state index is -0.927. The van der Waals surface area contributed by atoms with Crippen LogP contribution in [0, 0.1) is 0 Å². The summed E-state index contributed by atoms with van der Waals surface area (Å²) < 4.78 is 5.04. The molecule has 1 aromatic rings. The van der Waals surface area contributed by atoms with Gasteiger partial charge in [0.2, 0.25) is 0 Å². The number of nitrogens with two attached hydrogens (primary N) is 1. The van der Waals surface area contributed by atoms with Gasteiger partial charge in [0, 0.05) is 12.5 Å². The molecule has 1 unspecified atom stereocenters. The molecular formula is C13H17NO3. The smallest absolute Gasteiger partial charge is 0.321 e. The Balaban J connectivity index is 2.20. The number of carboxylic acid groups (broad SMARTS) is 1. The van der Waals surface area contributed by atoms with Crippen LogP contribution in [0.1, 0.15) is 24.0 Å². The van der Waals surface area contributed by atoms with Crippen molar-refractivity contribution in [2.24, 2.45) is 5.73 Å². The lowest BCUT2D eigenvalue weighted by Gasteiger charge is -2.20. The van der Waals surface area contributed by atoms with Crippen LogP contribution in [0.3, 0.4) is 0 Å². The summed E-state index contributed by atoms with van der Waals surface area (Å²) in [6, 6.07) is 7.05. The molecule has 17 heavy (non-hydrogen) atoms. The van der Waals surface area contributed by atoms with Crippen molar-refractivity contribution in [2.45, 2.75) is 30.9 Å². The van der Waals surface area contributed by atoms with Gasteiger partial charge in [-0.1, -0.05) is 24.3 Å². The second-order valence-corrected chi connectivity index (χ2v) is 4.60. The van der Waals surface area contributed by atoms with E-state index in [0.29, 0.717) is 6.61 Å². The van der Waals surface area contributed by atoms with Crippen LogP contribution in [0.4, 0.5) is 0 Å². The van der Waals surface area contributed by atoms with Crippen molar-refractivity contribution in [2.75, 3.05) is 7.11 Å². The van der Waals surface area contributed by atoms with Crippen molar-refractivity contribution in [3.8, 4) is 0 Å². The number of ether oxygens (including phenoxy) is 1. The number of carboxylic acids is 1. The van der Waals surface area contributed by atoms with E-state index in [1.165, 1.54) is 0 Å². The van der Waals surface area contributed by atoms with Gasteiger partial charge in [0.15, 0.2) is 0 Å². The molecule has 2 rings (SSSR count). The number of rotatable bonds is 5. The minimum Gasteiger partial charge on any atom is -0.480 e. The lowest BCUT2D eigenvalue weighted by Crippen LogP contribution is -2.41. The summed E-state index contributed by atoms with van der Waals surface area (Å²) in [5.74, 6) is -0.927. The summed E-state index contributed by atoms with van der Waals surface area (Å²) in [4.78, 5) is 11.0. The van der Waals surface area contributed by atoms with Gasteiger partial charge in [0.05, 0.1) is 6.61 Å². The van der Waals surface area contributed by atoms with Gasteiger partial charge >= 0.3 is 5.97 Å². The largest absolute Gasteiger partial charge is 0.480 e. The van der Waals surface area contributed by atoms with Gasteiger partial charge in [-0.3, -0.25) is 4.79 Å². The van der Waals surface area contributed by atoms with Crippen molar-refractivity contribution in [1.82, 2.24) is 0 Å². The summed E-state index contributed by atoms with van der Waals surface area (Å²) in [6.45, 7) is 0.568. The average molecular weight is 235 g/mol. The van der Waals surface area contributed by atoms with E-state index in [1.54, 1.807) is 7.11 Å². The SMILES string of the molecule is COCc1ccc(C2(C(N)C(=O)O)CC2)cc1. The Kier molecular flexibility index (Phi) is 3.17. The fourth-order valence-corrected chi connectivity index (χ4v) is 2.25. The van der Waals surface area contributed by atoms with Crippen molar-refractivity contribution in [1.29, 1.82) is 0 Å². The Morgan fingerprint density at radius 3 is 2.47 bits per heavy atom. The van der Waals surface area contributed by atoms with Crippen LogP contribution in [0.25, 0.3) is 0 Å². The first-order valence-corrected chi connectivity index (χ1v) is 5.67. The molecule has 1 atom stereocenters. The standard InChI is InChI=1S/C13H17NO3/c1-17-8-9-2-4-10(5-3-9)13(6-7-13)11(14)12(15)16/h2-5,11H,6-8,14H2,1H3,(H,15,16). The van der Waals surface area contributed by atoms with E-state index in [1.807, 2.05) is 24.3 Å². The first-order chi connectivity index (χ1) is 8.10. The maximum Gasteiger partial charge on any atom is 0.321 e. The quantitative estimate of drug-likeness (QED) is 0.806. The van der Waals surface area contributed by atoms with Gasteiger partial charge < -0.3 is 15.6 Å². The highest BCUT2D eigenvalue weighted by Gasteiger charge is 2.52. The molecule has 1 aromatic carbocycles. The average Bonchev–Trinajstić information content (AvgIpc) is 3.11. The zero-order valence-corrected chi connectivity index (χ0v) is 9.85. The van der Waals surface area contributed by atoms with E-state index in [0.717, 1.165) is 24.0 Å². The Bertz CT molecular complexity index is 409. The van der Waals surface area contributed by atoms with Crippen LogP contribution < -0.4 is 5.73 Å². The maximum absolute atomic E-state index is 11.0. The summed E-state index contributed by atoms with van der Waals surface area (Å²) in [5, 5.41) is 9.01. The van der Waals surface area contributed by atoms with E-state index >= 15 is 0 Å². The van der Waals surface area contributed by atoms with Crippen LogP contribution in [0.5, 0.6) is 0 Å². The first kappa shape index (κ1) is 12.1. The zero-order valence-electron chi connectivity index (χ0n) is 9.85. The lowest BCUT2D eigenvalue weighted by atomic mass is 9.88. The molecular weight excluding hydrogens is 218 g/mol. The van der Waals surface area contributed by atoms with Crippen LogP contribution in [0.2, 0.25) is 0 Å². The molecule has 0 aromatic heterocycles. The predicted octanol–water partition coefficient (Wildman–Crippen LogP) is 1.28. The van der Waals surface area contributed by atoms with Gasteiger partial charge in [-0.15, -0.1) is 0 Å². The topological polar surface area (TPSA) is 72.5 Å². The number of aliphatic carboxylic acids is 1. The summed E-state index contributed by atoms with van der Waals surface area (Å²) >= 11 is 0. The van der Waals surface area contributed by atoms with Crippen LogP contribution in [-0.4, -0.2) is 24.2 Å². The van der Waals surface area contributed by atoms with Crippen LogP contribution in [-0.2, 0) is 21.6 Å². The molecule has 0 heterocycles. The summed E-state index contributed by atoms with van der Waals surface area (Å²) in [5.41, 5.74) is 7.51. The Labute approximate surface area is 100 Å². The fourth-order valence-electron chi connectivity index (χ4n) is 2.25. The maximum atomic E-state index is 11.0. The number of benzene rings is 1. The van der Waals surface area contributed by atoms with Gasteiger partial charge in [0.1, 0.15) is 6.04 Å². The second kappa shape index (κ2) is 4.47. The van der Waals surface area contributed by atoms with Crippen molar-refractivity contribution < 1.29 is 14.6 Å². The molecule has 4 heteroatoms.